The second-order valence-electron chi connectivity index (χ2n) is 18.4. The largest absolute Gasteiger partial charge is 0.310 e. The van der Waals surface area contributed by atoms with Crippen molar-refractivity contribution in [1.82, 2.24) is 0 Å². The van der Waals surface area contributed by atoms with Crippen molar-refractivity contribution in [3.63, 3.8) is 0 Å². The van der Waals surface area contributed by atoms with Gasteiger partial charge in [-0.2, -0.15) is 0 Å². The minimum atomic E-state index is -1.45. The second-order valence-corrected chi connectivity index (χ2v) is 28.6. The zero-order chi connectivity index (χ0) is 39.7. The minimum absolute atomic E-state index is 0.218. The summed E-state index contributed by atoms with van der Waals surface area (Å²) in [6.07, 6.45) is 0. The van der Waals surface area contributed by atoms with Crippen LogP contribution >= 0.6 is 0 Å². The Labute approximate surface area is 341 Å². The first-order valence-corrected chi connectivity index (χ1v) is 27.3. The lowest BCUT2D eigenvalue weighted by Gasteiger charge is -2.30. The van der Waals surface area contributed by atoms with Crippen molar-refractivity contribution in [2.24, 2.45) is 0 Å². The summed E-state index contributed by atoms with van der Waals surface area (Å²) in [4.78, 5) is 4.88. The van der Waals surface area contributed by atoms with Crippen LogP contribution in [0.4, 0.5) is 34.1 Å². The molecule has 0 spiro atoms. The van der Waals surface area contributed by atoms with Gasteiger partial charge in [-0.15, -0.1) is 0 Å². The van der Waals surface area contributed by atoms with E-state index in [4.69, 9.17) is 0 Å². The zero-order valence-electron chi connectivity index (χ0n) is 34.6. The number of rotatable bonds is 8. The highest BCUT2D eigenvalue weighted by Crippen LogP contribution is 2.52. The van der Waals surface area contributed by atoms with E-state index in [-0.39, 0.29) is 5.41 Å². The van der Waals surface area contributed by atoms with Crippen molar-refractivity contribution in [2.75, 3.05) is 9.80 Å². The minimum Gasteiger partial charge on any atom is -0.310 e. The molecule has 8 aromatic carbocycles. The number of hydrogen-bond acceptors (Lipinski definition) is 2. The highest BCUT2D eigenvalue weighted by Gasteiger charge is 2.37. The van der Waals surface area contributed by atoms with Gasteiger partial charge in [0, 0.05) is 39.5 Å². The van der Waals surface area contributed by atoms with Gasteiger partial charge in [0.05, 0.1) is 16.1 Å². The molecular formula is C53H52N2Si2. The van der Waals surface area contributed by atoms with E-state index in [1.165, 1.54) is 76.9 Å². The first kappa shape index (κ1) is 36.9. The molecular weight excluding hydrogens is 721 g/mol. The van der Waals surface area contributed by atoms with Crippen molar-refractivity contribution in [3.05, 3.63) is 181 Å². The Kier molecular flexibility index (Phi) is 8.91. The standard InChI is InChI=1S/C53H52N2Si2/c1-53(2)51-35-45(54(41-21-27-47(28-22-41)56(3,4)5)43-19-17-37-13-9-11-15-39(37)33-43)25-31-49(51)50-32-26-46(36-52(50)53)55(42-23-29-48(30-24-42)57(6,7)8)44-20-18-38-14-10-12-16-40(38)34-44/h9-36H,1-8H3. The van der Waals surface area contributed by atoms with Crippen LogP contribution in [0.3, 0.4) is 0 Å². The third kappa shape index (κ3) is 6.71. The molecule has 0 radical (unpaired) electrons. The van der Waals surface area contributed by atoms with Crippen LogP contribution in [-0.4, -0.2) is 16.1 Å². The van der Waals surface area contributed by atoms with Gasteiger partial charge in [-0.05, 0) is 117 Å². The lowest BCUT2D eigenvalue weighted by molar-refractivity contribution is 0.660. The molecule has 2 nitrogen and oxygen atoms in total. The third-order valence-corrected chi connectivity index (χ3v) is 16.3. The van der Waals surface area contributed by atoms with Crippen LogP contribution in [-0.2, 0) is 5.41 Å². The number of benzene rings is 8. The van der Waals surface area contributed by atoms with Crippen molar-refractivity contribution in [2.45, 2.75) is 58.5 Å². The highest BCUT2D eigenvalue weighted by atomic mass is 28.3. The lowest BCUT2D eigenvalue weighted by atomic mass is 9.82. The van der Waals surface area contributed by atoms with E-state index in [9.17, 15) is 0 Å². The van der Waals surface area contributed by atoms with Gasteiger partial charge in [-0.1, -0.05) is 161 Å². The summed E-state index contributed by atoms with van der Waals surface area (Å²) in [6.45, 7) is 19.3. The second kappa shape index (κ2) is 13.8. The van der Waals surface area contributed by atoms with E-state index in [1.807, 2.05) is 0 Å². The van der Waals surface area contributed by atoms with E-state index in [2.05, 4.69) is 233 Å². The predicted molar refractivity (Wildman–Crippen MR) is 254 cm³/mol. The summed E-state index contributed by atoms with van der Waals surface area (Å²) in [5.74, 6) is 0. The number of hydrogen-bond donors (Lipinski definition) is 0. The van der Waals surface area contributed by atoms with Crippen molar-refractivity contribution in [3.8, 4) is 11.1 Å². The topological polar surface area (TPSA) is 6.48 Å². The van der Waals surface area contributed by atoms with Gasteiger partial charge < -0.3 is 9.80 Å². The molecule has 0 saturated carbocycles. The molecule has 0 heterocycles. The summed E-state index contributed by atoms with van der Waals surface area (Å²) >= 11 is 0. The normalized spacial score (nSPS) is 13.4. The van der Waals surface area contributed by atoms with Crippen molar-refractivity contribution < 1.29 is 0 Å². The Bertz CT molecular complexity index is 2590. The van der Waals surface area contributed by atoms with Gasteiger partial charge >= 0.3 is 0 Å². The fourth-order valence-electron chi connectivity index (χ4n) is 8.74. The molecule has 0 atom stereocenters. The Balaban J connectivity index is 1.15. The molecule has 282 valence electrons. The molecule has 8 aromatic rings. The van der Waals surface area contributed by atoms with Gasteiger partial charge in [-0.25, -0.2) is 0 Å². The summed E-state index contributed by atoms with van der Waals surface area (Å²) in [5.41, 5.74) is 12.1. The summed E-state index contributed by atoms with van der Waals surface area (Å²) < 4.78 is 0. The van der Waals surface area contributed by atoms with Crippen molar-refractivity contribution in [1.29, 1.82) is 0 Å². The summed E-state index contributed by atoms with van der Waals surface area (Å²) in [5, 5.41) is 7.92. The molecule has 1 aliphatic rings. The van der Waals surface area contributed by atoms with Gasteiger partial charge in [0.1, 0.15) is 0 Å². The number of fused-ring (bicyclic) bond motifs is 5. The Hall–Kier alpha value is -5.69. The SMILES string of the molecule is CC1(C)c2cc(N(c3ccc([Si](C)(C)C)cc3)c3ccc4ccccc4c3)ccc2-c2ccc(N(c3ccc([Si](C)(C)C)cc3)c3ccc4ccccc4c3)cc21. The van der Waals surface area contributed by atoms with Crippen LogP contribution in [0, 0.1) is 0 Å². The average molecular weight is 773 g/mol. The van der Waals surface area contributed by atoms with Gasteiger partial charge in [0.15, 0.2) is 0 Å². The van der Waals surface area contributed by atoms with Gasteiger partial charge in [0.25, 0.3) is 0 Å². The van der Waals surface area contributed by atoms with E-state index >= 15 is 0 Å². The Morgan fingerprint density at radius 1 is 0.333 bits per heavy atom. The molecule has 0 N–H and O–H groups in total. The molecule has 1 aliphatic carbocycles. The first-order chi connectivity index (χ1) is 27.3. The number of anilines is 6. The smallest absolute Gasteiger partial charge is 0.0775 e. The summed E-state index contributed by atoms with van der Waals surface area (Å²) in [7, 11) is -2.91. The molecule has 0 aliphatic heterocycles. The molecule has 0 bridgehead atoms. The maximum absolute atomic E-state index is 2.45. The third-order valence-electron chi connectivity index (χ3n) is 12.1. The summed E-state index contributed by atoms with van der Waals surface area (Å²) in [6, 6.07) is 64.0. The lowest BCUT2D eigenvalue weighted by Crippen LogP contribution is -2.37. The average Bonchev–Trinajstić information content (AvgIpc) is 3.42. The monoisotopic (exact) mass is 772 g/mol. The van der Waals surface area contributed by atoms with Crippen molar-refractivity contribution >= 4 is 82.2 Å². The maximum Gasteiger partial charge on any atom is 0.0775 e. The molecule has 57 heavy (non-hydrogen) atoms. The molecule has 0 saturated heterocycles. The van der Waals surface area contributed by atoms with Crippen LogP contribution in [0.25, 0.3) is 32.7 Å². The Morgan fingerprint density at radius 3 is 1.02 bits per heavy atom. The van der Waals surface area contributed by atoms with Crippen LogP contribution in [0.2, 0.25) is 39.3 Å². The zero-order valence-corrected chi connectivity index (χ0v) is 36.6. The first-order valence-electron chi connectivity index (χ1n) is 20.3. The van der Waals surface area contributed by atoms with Gasteiger partial charge in [0.2, 0.25) is 0 Å². The van der Waals surface area contributed by atoms with E-state index in [0.717, 1.165) is 11.4 Å². The maximum atomic E-state index is 2.45. The predicted octanol–water partition coefficient (Wildman–Crippen LogP) is 14.3. The molecule has 0 aromatic heterocycles. The molecule has 0 amide bonds. The highest BCUT2D eigenvalue weighted by molar-refractivity contribution is 6.89. The van der Waals surface area contributed by atoms with Gasteiger partial charge in [-0.3, -0.25) is 0 Å². The van der Waals surface area contributed by atoms with Crippen LogP contribution < -0.4 is 20.2 Å². The van der Waals surface area contributed by atoms with E-state index in [1.54, 1.807) is 0 Å². The van der Waals surface area contributed by atoms with Crippen LogP contribution in [0.15, 0.2) is 170 Å². The molecule has 0 unspecified atom stereocenters. The number of nitrogens with zero attached hydrogens (tertiary/aromatic N) is 2. The molecule has 9 rings (SSSR count). The van der Waals surface area contributed by atoms with Crippen LogP contribution in [0.1, 0.15) is 25.0 Å². The van der Waals surface area contributed by atoms with E-state index < -0.39 is 16.1 Å². The van der Waals surface area contributed by atoms with E-state index in [0.29, 0.717) is 0 Å². The fraction of sp³-hybridized carbons (Fsp3) is 0.170. The Morgan fingerprint density at radius 2 is 0.649 bits per heavy atom. The molecule has 0 fully saturated rings. The van der Waals surface area contributed by atoms with Crippen LogP contribution in [0.5, 0.6) is 0 Å². The fourth-order valence-corrected chi connectivity index (χ4v) is 11.1. The molecule has 4 heteroatoms. The quantitative estimate of drug-likeness (QED) is 0.142.